The van der Waals surface area contributed by atoms with Crippen LogP contribution in [0.3, 0.4) is 0 Å². The van der Waals surface area contributed by atoms with Gasteiger partial charge in [-0.05, 0) is 36.5 Å². The Labute approximate surface area is 161 Å². The van der Waals surface area contributed by atoms with Crippen molar-refractivity contribution in [3.05, 3.63) is 69.0 Å². The Balaban J connectivity index is 2.02. The van der Waals surface area contributed by atoms with E-state index >= 15 is 0 Å². The van der Waals surface area contributed by atoms with Gasteiger partial charge in [0.2, 0.25) is 0 Å². The van der Waals surface area contributed by atoms with E-state index in [2.05, 4.69) is 10.6 Å². The molecular formula is C17H19ClFN4O2S+. The Morgan fingerprint density at radius 3 is 2.50 bits per heavy atom. The monoisotopic (exact) mass is 397 g/mol. The molecular weight excluding hydrogens is 379 g/mol. The molecule has 0 aliphatic rings. The quantitative estimate of drug-likeness (QED) is 0.397. The highest BCUT2D eigenvalue weighted by atomic mass is 35.5. The van der Waals surface area contributed by atoms with Gasteiger partial charge < -0.3 is 15.5 Å². The second-order valence-electron chi connectivity index (χ2n) is 5.90. The first-order chi connectivity index (χ1) is 12.3. The highest BCUT2D eigenvalue weighted by molar-refractivity contribution is 7.80. The van der Waals surface area contributed by atoms with Crippen LogP contribution >= 0.6 is 23.8 Å². The van der Waals surface area contributed by atoms with E-state index in [0.29, 0.717) is 27.9 Å². The van der Waals surface area contributed by atoms with Crippen LogP contribution in [0.15, 0.2) is 42.5 Å². The zero-order valence-corrected chi connectivity index (χ0v) is 15.8. The number of nitro groups is 1. The number of benzene rings is 2. The highest BCUT2D eigenvalue weighted by Crippen LogP contribution is 2.24. The van der Waals surface area contributed by atoms with Crippen LogP contribution < -0.4 is 15.5 Å². The molecule has 0 heterocycles. The number of nitro benzene ring substituents is 1. The summed E-state index contributed by atoms with van der Waals surface area (Å²) in [5.74, 6) is -0.361. The van der Waals surface area contributed by atoms with Crippen molar-refractivity contribution in [3.63, 3.8) is 0 Å². The molecule has 3 N–H and O–H groups in total. The van der Waals surface area contributed by atoms with Gasteiger partial charge in [0, 0.05) is 17.8 Å². The van der Waals surface area contributed by atoms with Crippen LogP contribution in [0.2, 0.25) is 5.02 Å². The number of thiocarbonyl (C=S) groups is 1. The van der Waals surface area contributed by atoms with Gasteiger partial charge in [0.15, 0.2) is 5.11 Å². The van der Waals surface area contributed by atoms with Gasteiger partial charge in [0.25, 0.3) is 5.69 Å². The zero-order valence-electron chi connectivity index (χ0n) is 14.3. The van der Waals surface area contributed by atoms with Gasteiger partial charge in [0.1, 0.15) is 11.9 Å². The van der Waals surface area contributed by atoms with Gasteiger partial charge in [-0.1, -0.05) is 17.7 Å². The first-order valence-corrected chi connectivity index (χ1v) is 8.61. The summed E-state index contributed by atoms with van der Waals surface area (Å²) < 4.78 is 14.2. The van der Waals surface area contributed by atoms with Gasteiger partial charge in [-0.25, -0.2) is 4.39 Å². The summed E-state index contributed by atoms with van der Waals surface area (Å²) in [6.07, 6.45) is 0. The summed E-state index contributed by atoms with van der Waals surface area (Å²) in [5, 5.41) is 17.4. The lowest BCUT2D eigenvalue weighted by atomic mass is 10.1. The molecule has 0 aromatic heterocycles. The Hall–Kier alpha value is -2.29. The Kier molecular flexibility index (Phi) is 6.84. The predicted octanol–water partition coefficient (Wildman–Crippen LogP) is 2.56. The fraction of sp³-hybridized carbons (Fsp3) is 0.235. The smallest absolute Gasteiger partial charge is 0.269 e. The van der Waals surface area contributed by atoms with E-state index in [1.54, 1.807) is 24.3 Å². The van der Waals surface area contributed by atoms with Gasteiger partial charge in [-0.3, -0.25) is 10.1 Å². The summed E-state index contributed by atoms with van der Waals surface area (Å²) in [7, 11) is 3.81. The van der Waals surface area contributed by atoms with Crippen LogP contribution in [0.4, 0.5) is 15.8 Å². The number of nitrogens with zero attached hydrogens (tertiary/aromatic N) is 1. The maximum Gasteiger partial charge on any atom is 0.269 e. The lowest BCUT2D eigenvalue weighted by Crippen LogP contribution is -3.07. The number of rotatable bonds is 6. The normalized spacial score (nSPS) is 11.9. The van der Waals surface area contributed by atoms with E-state index in [1.165, 1.54) is 18.2 Å². The van der Waals surface area contributed by atoms with Crippen LogP contribution in [0, 0.1) is 15.9 Å². The van der Waals surface area contributed by atoms with E-state index in [4.69, 9.17) is 23.8 Å². The molecule has 0 amide bonds. The fourth-order valence-electron chi connectivity index (χ4n) is 2.47. The predicted molar refractivity (Wildman–Crippen MR) is 104 cm³/mol. The molecule has 0 spiro atoms. The standard InChI is InChI=1S/C17H18ClFN4O2S/c1-22(2)15(16-13(18)4-3-5-14(16)19)10-20-17(26)21-11-6-8-12(9-7-11)23(24)25/h3-9,15H,10H2,1-2H3,(H2,20,21,26)/p+1/t15-/m1/s1. The SMILES string of the molecule is C[NH+](C)[C@H](CNC(=S)Nc1ccc([N+](=O)[O-])cc1)c1c(F)cccc1Cl. The molecule has 138 valence electrons. The Bertz CT molecular complexity index is 782. The maximum absolute atomic E-state index is 14.2. The second-order valence-corrected chi connectivity index (χ2v) is 6.72. The van der Waals surface area contributed by atoms with Crippen molar-refractivity contribution in [1.29, 1.82) is 0 Å². The van der Waals surface area contributed by atoms with Crippen LogP contribution in [0.25, 0.3) is 0 Å². The van der Waals surface area contributed by atoms with E-state index in [1.807, 2.05) is 14.1 Å². The molecule has 6 nitrogen and oxygen atoms in total. The van der Waals surface area contributed by atoms with Gasteiger partial charge in [-0.15, -0.1) is 0 Å². The van der Waals surface area contributed by atoms with E-state index in [9.17, 15) is 14.5 Å². The Morgan fingerprint density at radius 1 is 1.31 bits per heavy atom. The molecule has 1 atom stereocenters. The van der Waals surface area contributed by atoms with Gasteiger partial charge in [0.05, 0.1) is 36.1 Å². The number of hydrogen-bond donors (Lipinski definition) is 3. The molecule has 0 fully saturated rings. The van der Waals surface area contributed by atoms with Crippen molar-refractivity contribution in [1.82, 2.24) is 5.32 Å². The number of quaternary nitrogens is 1. The first-order valence-electron chi connectivity index (χ1n) is 7.83. The minimum absolute atomic E-state index is 0.0000981. The number of hydrogen-bond acceptors (Lipinski definition) is 3. The lowest BCUT2D eigenvalue weighted by Gasteiger charge is -2.24. The molecule has 0 saturated carbocycles. The van der Waals surface area contributed by atoms with E-state index < -0.39 is 4.92 Å². The van der Waals surface area contributed by atoms with E-state index in [-0.39, 0.29) is 17.5 Å². The summed E-state index contributed by atoms with van der Waals surface area (Å²) in [5.41, 5.74) is 1.05. The third-order valence-corrected chi connectivity index (χ3v) is 4.42. The maximum atomic E-state index is 14.2. The summed E-state index contributed by atoms with van der Waals surface area (Å²) in [4.78, 5) is 11.2. The molecule has 0 radical (unpaired) electrons. The van der Waals surface area contributed by atoms with Crippen molar-refractivity contribution in [2.45, 2.75) is 6.04 Å². The molecule has 2 aromatic rings. The van der Waals surface area contributed by atoms with Crippen LogP contribution in [-0.2, 0) is 0 Å². The summed E-state index contributed by atoms with van der Waals surface area (Å²) >= 11 is 11.4. The first kappa shape index (κ1) is 20.0. The van der Waals surface area contributed by atoms with Crippen molar-refractivity contribution in [3.8, 4) is 0 Å². The highest BCUT2D eigenvalue weighted by Gasteiger charge is 2.24. The molecule has 0 aliphatic carbocycles. The molecule has 0 aliphatic heterocycles. The number of nitrogens with one attached hydrogen (secondary N) is 3. The van der Waals surface area contributed by atoms with Crippen molar-refractivity contribution >= 4 is 40.3 Å². The molecule has 9 heteroatoms. The van der Waals surface area contributed by atoms with E-state index in [0.717, 1.165) is 4.90 Å². The van der Waals surface area contributed by atoms with Crippen LogP contribution in [0.1, 0.15) is 11.6 Å². The fourth-order valence-corrected chi connectivity index (χ4v) is 2.97. The molecule has 0 saturated heterocycles. The van der Waals surface area contributed by atoms with Crippen LogP contribution in [0.5, 0.6) is 0 Å². The minimum Gasteiger partial charge on any atom is -0.356 e. The molecule has 2 rings (SSSR count). The van der Waals surface area contributed by atoms with Gasteiger partial charge >= 0.3 is 0 Å². The van der Waals surface area contributed by atoms with Crippen molar-refractivity contribution in [2.75, 3.05) is 26.0 Å². The van der Waals surface area contributed by atoms with Crippen molar-refractivity contribution in [2.24, 2.45) is 0 Å². The van der Waals surface area contributed by atoms with Crippen molar-refractivity contribution < 1.29 is 14.2 Å². The summed E-state index contributed by atoms with van der Waals surface area (Å²) in [6.45, 7) is 0.363. The minimum atomic E-state index is -0.469. The molecule has 2 aromatic carbocycles. The zero-order chi connectivity index (χ0) is 19.3. The number of anilines is 1. The topological polar surface area (TPSA) is 71.6 Å². The number of halogens is 2. The number of likely N-dealkylation sites (N-methyl/N-ethyl adjacent to an activating group) is 1. The number of non-ortho nitro benzene ring substituents is 1. The van der Waals surface area contributed by atoms with Crippen LogP contribution in [-0.4, -0.2) is 30.7 Å². The third kappa shape index (κ3) is 5.10. The largest absolute Gasteiger partial charge is 0.356 e. The molecule has 0 unspecified atom stereocenters. The average molecular weight is 398 g/mol. The average Bonchev–Trinajstić information content (AvgIpc) is 2.57. The summed E-state index contributed by atoms with van der Waals surface area (Å²) in [6, 6.07) is 10.3. The molecule has 26 heavy (non-hydrogen) atoms. The Morgan fingerprint density at radius 2 is 1.96 bits per heavy atom. The van der Waals surface area contributed by atoms with Gasteiger partial charge in [-0.2, -0.15) is 0 Å². The third-order valence-electron chi connectivity index (χ3n) is 3.85. The lowest BCUT2D eigenvalue weighted by molar-refractivity contribution is -0.890. The second kappa shape index (κ2) is 8.88. The molecule has 0 bridgehead atoms.